The molecule has 0 aliphatic rings. The van der Waals surface area contributed by atoms with Crippen LogP contribution in [0.4, 0.5) is 5.69 Å². The number of carbonyl (C=O) groups is 2. The van der Waals surface area contributed by atoms with Gasteiger partial charge in [0.1, 0.15) is 0 Å². The van der Waals surface area contributed by atoms with Crippen molar-refractivity contribution in [3.63, 3.8) is 0 Å². The summed E-state index contributed by atoms with van der Waals surface area (Å²) in [7, 11) is 0. The number of hydrogen-bond acceptors (Lipinski definition) is 2. The van der Waals surface area contributed by atoms with Gasteiger partial charge in [-0.15, -0.1) is 0 Å². The van der Waals surface area contributed by atoms with E-state index in [0.717, 1.165) is 11.3 Å². The van der Waals surface area contributed by atoms with Gasteiger partial charge in [0.2, 0.25) is 11.8 Å². The highest BCUT2D eigenvalue weighted by Gasteiger charge is 2.07. The first-order chi connectivity index (χ1) is 8.49. The summed E-state index contributed by atoms with van der Waals surface area (Å²) >= 11 is 0. The Morgan fingerprint density at radius 1 is 1.28 bits per heavy atom. The highest BCUT2D eigenvalue weighted by molar-refractivity contribution is 5.91. The van der Waals surface area contributed by atoms with Crippen molar-refractivity contribution in [1.29, 1.82) is 0 Å². The monoisotopic (exact) mass is 248 g/mol. The van der Waals surface area contributed by atoms with E-state index < -0.39 is 0 Å². The highest BCUT2D eigenvalue weighted by atomic mass is 16.2. The predicted molar refractivity (Wildman–Crippen MR) is 72.3 cm³/mol. The average molecular weight is 248 g/mol. The second-order valence-corrected chi connectivity index (χ2v) is 4.61. The fourth-order valence-electron chi connectivity index (χ4n) is 1.45. The molecular formula is C14H20N2O2. The second kappa shape index (κ2) is 6.79. The molecule has 0 heterocycles. The van der Waals surface area contributed by atoms with Gasteiger partial charge in [-0.1, -0.05) is 26.0 Å². The lowest BCUT2D eigenvalue weighted by Gasteiger charge is -2.08. The molecule has 0 radical (unpaired) electrons. The van der Waals surface area contributed by atoms with Gasteiger partial charge in [0.25, 0.3) is 0 Å². The first kappa shape index (κ1) is 14.2. The molecule has 0 fully saturated rings. The zero-order chi connectivity index (χ0) is 13.5. The van der Waals surface area contributed by atoms with Crippen LogP contribution in [0.3, 0.4) is 0 Å². The summed E-state index contributed by atoms with van der Waals surface area (Å²) in [6.45, 7) is 5.98. The molecule has 2 N–H and O–H groups in total. The summed E-state index contributed by atoms with van der Waals surface area (Å²) in [5.41, 5.74) is 1.89. The maximum Gasteiger partial charge on any atom is 0.226 e. The molecule has 4 nitrogen and oxygen atoms in total. The number of carbonyl (C=O) groups excluding carboxylic acids is 2. The second-order valence-electron chi connectivity index (χ2n) is 4.61. The van der Waals surface area contributed by atoms with Crippen LogP contribution in [-0.2, 0) is 9.59 Å². The van der Waals surface area contributed by atoms with Gasteiger partial charge in [0, 0.05) is 24.6 Å². The molecule has 0 atom stereocenters. The lowest BCUT2D eigenvalue weighted by molar-refractivity contribution is -0.124. The molecule has 0 unspecified atom stereocenters. The number of anilines is 1. The van der Waals surface area contributed by atoms with Gasteiger partial charge >= 0.3 is 0 Å². The van der Waals surface area contributed by atoms with Crippen LogP contribution < -0.4 is 10.6 Å². The summed E-state index contributed by atoms with van der Waals surface area (Å²) in [6.07, 6.45) is 0.284. The summed E-state index contributed by atoms with van der Waals surface area (Å²) in [5.74, 6) is -0.173. The smallest absolute Gasteiger partial charge is 0.226 e. The van der Waals surface area contributed by atoms with E-state index in [-0.39, 0.29) is 24.2 Å². The molecule has 98 valence electrons. The van der Waals surface area contributed by atoms with Crippen molar-refractivity contribution in [1.82, 2.24) is 5.32 Å². The molecule has 0 saturated heterocycles. The maximum atomic E-state index is 11.6. The summed E-state index contributed by atoms with van der Waals surface area (Å²) < 4.78 is 0. The summed E-state index contributed by atoms with van der Waals surface area (Å²) in [5, 5.41) is 5.51. The Kier molecular flexibility index (Phi) is 5.36. The molecule has 18 heavy (non-hydrogen) atoms. The third kappa shape index (κ3) is 4.99. The van der Waals surface area contributed by atoms with E-state index >= 15 is 0 Å². The van der Waals surface area contributed by atoms with Crippen molar-refractivity contribution in [2.75, 3.05) is 11.9 Å². The number of rotatable bonds is 5. The third-order valence-electron chi connectivity index (χ3n) is 2.48. The highest BCUT2D eigenvalue weighted by Crippen LogP contribution is 2.09. The van der Waals surface area contributed by atoms with Gasteiger partial charge in [-0.05, 0) is 24.6 Å². The van der Waals surface area contributed by atoms with Crippen molar-refractivity contribution < 1.29 is 9.59 Å². The Balaban J connectivity index is 2.32. The Morgan fingerprint density at radius 3 is 2.61 bits per heavy atom. The zero-order valence-corrected chi connectivity index (χ0v) is 11.1. The molecular weight excluding hydrogens is 228 g/mol. The Bertz CT molecular complexity index is 428. The van der Waals surface area contributed by atoms with E-state index in [1.165, 1.54) is 0 Å². The van der Waals surface area contributed by atoms with Crippen LogP contribution in [-0.4, -0.2) is 18.4 Å². The molecule has 0 aliphatic heterocycles. The van der Waals surface area contributed by atoms with E-state index in [4.69, 9.17) is 0 Å². The SMILES string of the molecule is Cc1cccc(NC(=O)CCNC(=O)C(C)C)c1. The molecule has 0 saturated carbocycles. The molecule has 0 aliphatic carbocycles. The minimum absolute atomic E-state index is 0.0293. The van der Waals surface area contributed by atoms with Gasteiger partial charge < -0.3 is 10.6 Å². The lowest BCUT2D eigenvalue weighted by Crippen LogP contribution is -2.30. The van der Waals surface area contributed by atoms with Crippen LogP contribution >= 0.6 is 0 Å². The van der Waals surface area contributed by atoms with Crippen LogP contribution in [0, 0.1) is 12.8 Å². The minimum Gasteiger partial charge on any atom is -0.355 e. The van der Waals surface area contributed by atoms with Crippen LogP contribution in [0.2, 0.25) is 0 Å². The summed E-state index contributed by atoms with van der Waals surface area (Å²) in [6, 6.07) is 7.62. The molecule has 1 aromatic carbocycles. The molecule has 0 spiro atoms. The Morgan fingerprint density at radius 2 is 2.00 bits per heavy atom. The van der Waals surface area contributed by atoms with Gasteiger partial charge in [-0.2, -0.15) is 0 Å². The van der Waals surface area contributed by atoms with E-state index in [0.29, 0.717) is 6.54 Å². The van der Waals surface area contributed by atoms with Crippen molar-refractivity contribution in [2.45, 2.75) is 27.2 Å². The van der Waals surface area contributed by atoms with Crippen LogP contribution in [0.25, 0.3) is 0 Å². The van der Waals surface area contributed by atoms with Gasteiger partial charge in [0.15, 0.2) is 0 Å². The summed E-state index contributed by atoms with van der Waals surface area (Å²) in [4.78, 5) is 22.9. The standard InChI is InChI=1S/C14H20N2O2/c1-10(2)14(18)15-8-7-13(17)16-12-6-4-5-11(3)9-12/h4-6,9-10H,7-8H2,1-3H3,(H,15,18)(H,16,17). The van der Waals surface area contributed by atoms with Crippen LogP contribution in [0.5, 0.6) is 0 Å². The van der Waals surface area contributed by atoms with Gasteiger partial charge in [-0.3, -0.25) is 9.59 Å². The Hall–Kier alpha value is -1.84. The lowest BCUT2D eigenvalue weighted by atomic mass is 10.2. The molecule has 1 aromatic rings. The number of benzene rings is 1. The molecule has 4 heteroatoms. The van der Waals surface area contributed by atoms with Crippen molar-refractivity contribution in [3.05, 3.63) is 29.8 Å². The van der Waals surface area contributed by atoms with Crippen molar-refractivity contribution >= 4 is 17.5 Å². The fraction of sp³-hybridized carbons (Fsp3) is 0.429. The number of aryl methyl sites for hydroxylation is 1. The molecule has 0 bridgehead atoms. The number of amides is 2. The zero-order valence-electron chi connectivity index (χ0n) is 11.1. The number of nitrogens with one attached hydrogen (secondary N) is 2. The molecule has 2 amide bonds. The van der Waals surface area contributed by atoms with E-state index in [1.54, 1.807) is 0 Å². The van der Waals surface area contributed by atoms with E-state index in [1.807, 2.05) is 45.0 Å². The fourth-order valence-corrected chi connectivity index (χ4v) is 1.45. The van der Waals surface area contributed by atoms with Crippen LogP contribution in [0.1, 0.15) is 25.8 Å². The van der Waals surface area contributed by atoms with Crippen LogP contribution in [0.15, 0.2) is 24.3 Å². The third-order valence-corrected chi connectivity index (χ3v) is 2.48. The number of hydrogen-bond donors (Lipinski definition) is 2. The first-order valence-corrected chi connectivity index (χ1v) is 6.13. The van der Waals surface area contributed by atoms with E-state index in [2.05, 4.69) is 10.6 Å². The average Bonchev–Trinajstić information content (AvgIpc) is 2.28. The molecule has 1 rings (SSSR count). The van der Waals surface area contributed by atoms with E-state index in [9.17, 15) is 9.59 Å². The van der Waals surface area contributed by atoms with Gasteiger partial charge in [0.05, 0.1) is 0 Å². The largest absolute Gasteiger partial charge is 0.355 e. The Labute approximate surface area is 108 Å². The van der Waals surface area contributed by atoms with Crippen molar-refractivity contribution in [2.24, 2.45) is 5.92 Å². The van der Waals surface area contributed by atoms with Gasteiger partial charge in [-0.25, -0.2) is 0 Å². The first-order valence-electron chi connectivity index (χ1n) is 6.13. The normalized spacial score (nSPS) is 10.2. The quantitative estimate of drug-likeness (QED) is 0.838. The maximum absolute atomic E-state index is 11.6. The minimum atomic E-state index is -0.0929. The molecule has 0 aromatic heterocycles. The predicted octanol–water partition coefficient (Wildman–Crippen LogP) is 2.10. The topological polar surface area (TPSA) is 58.2 Å². The van der Waals surface area contributed by atoms with Crippen molar-refractivity contribution in [3.8, 4) is 0 Å².